The van der Waals surface area contributed by atoms with E-state index in [0.29, 0.717) is 0 Å². The van der Waals surface area contributed by atoms with Gasteiger partial charge in [0.15, 0.2) is 10.3 Å². The van der Waals surface area contributed by atoms with Crippen molar-refractivity contribution in [3.63, 3.8) is 0 Å². The number of nitrogens with zero attached hydrogens (tertiary/aromatic N) is 2. The first-order valence-corrected chi connectivity index (χ1v) is 12.4. The number of para-hydroxylation sites is 2. The van der Waals surface area contributed by atoms with Crippen LogP contribution in [0.4, 0.5) is 10.3 Å². The van der Waals surface area contributed by atoms with Crippen molar-refractivity contribution in [1.82, 2.24) is 9.97 Å². The SMILES string of the molecule is c1ccc2sc(NCCSSCCNc3nc4ccccc4s3)nc2c1. The number of benzene rings is 2. The van der Waals surface area contributed by atoms with Gasteiger partial charge >= 0.3 is 0 Å². The van der Waals surface area contributed by atoms with Gasteiger partial charge in [-0.3, -0.25) is 0 Å². The first-order valence-electron chi connectivity index (χ1n) is 8.32. The molecule has 0 radical (unpaired) electrons. The lowest BCUT2D eigenvalue weighted by Gasteiger charge is -2.03. The Morgan fingerprint density at radius 1 is 0.692 bits per heavy atom. The summed E-state index contributed by atoms with van der Waals surface area (Å²) in [4.78, 5) is 9.17. The molecule has 0 saturated carbocycles. The Kier molecular flexibility index (Phi) is 6.16. The number of fused-ring (bicyclic) bond motifs is 2. The van der Waals surface area contributed by atoms with E-state index in [4.69, 9.17) is 0 Å². The van der Waals surface area contributed by atoms with Crippen LogP contribution in [0.5, 0.6) is 0 Å². The van der Waals surface area contributed by atoms with Gasteiger partial charge in [0, 0.05) is 24.6 Å². The van der Waals surface area contributed by atoms with Crippen LogP contribution >= 0.6 is 44.3 Å². The summed E-state index contributed by atoms with van der Waals surface area (Å²) in [6.07, 6.45) is 0. The lowest BCUT2D eigenvalue weighted by atomic mass is 10.3. The van der Waals surface area contributed by atoms with Gasteiger partial charge in [-0.1, -0.05) is 68.5 Å². The molecule has 0 saturated heterocycles. The van der Waals surface area contributed by atoms with Crippen LogP contribution in [0.25, 0.3) is 20.4 Å². The van der Waals surface area contributed by atoms with E-state index in [1.165, 1.54) is 9.40 Å². The molecule has 0 aliphatic heterocycles. The van der Waals surface area contributed by atoms with Gasteiger partial charge in [-0.2, -0.15) is 0 Å². The second-order valence-corrected chi connectivity index (χ2v) is 10.2. The Balaban J connectivity index is 1.10. The van der Waals surface area contributed by atoms with Crippen molar-refractivity contribution < 1.29 is 0 Å². The van der Waals surface area contributed by atoms with Crippen molar-refractivity contribution >= 4 is 75.0 Å². The second-order valence-electron chi connectivity index (χ2n) is 5.47. The van der Waals surface area contributed by atoms with Crippen LogP contribution in [0.3, 0.4) is 0 Å². The van der Waals surface area contributed by atoms with Gasteiger partial charge < -0.3 is 10.6 Å². The summed E-state index contributed by atoms with van der Waals surface area (Å²) in [5.74, 6) is 2.11. The molecule has 2 heterocycles. The van der Waals surface area contributed by atoms with Gasteiger partial charge in [0.05, 0.1) is 20.4 Å². The Bertz CT molecular complexity index is 835. The molecule has 0 atom stereocenters. The maximum absolute atomic E-state index is 4.59. The third-order valence-corrected chi connectivity index (χ3v) is 7.99. The number of nitrogens with one attached hydrogen (secondary N) is 2. The van der Waals surface area contributed by atoms with E-state index in [0.717, 1.165) is 45.9 Å². The molecule has 0 fully saturated rings. The standard InChI is InChI=1S/C18H18N4S4/c1-3-7-15-13(5-1)21-17(25-15)19-9-11-23-24-12-10-20-18-22-14-6-2-4-8-16(14)26-18/h1-8H,9-12H2,(H,19,21)(H,20,22). The predicted octanol–water partition coefficient (Wildman–Crippen LogP) is 5.81. The van der Waals surface area contributed by atoms with Crippen molar-refractivity contribution in [3.05, 3.63) is 48.5 Å². The van der Waals surface area contributed by atoms with E-state index >= 15 is 0 Å². The Labute approximate surface area is 168 Å². The van der Waals surface area contributed by atoms with Crippen LogP contribution in [-0.2, 0) is 0 Å². The summed E-state index contributed by atoms with van der Waals surface area (Å²) in [5.41, 5.74) is 2.14. The molecule has 2 aromatic heterocycles. The molecule has 8 heteroatoms. The summed E-state index contributed by atoms with van der Waals surface area (Å²) in [5, 5.41) is 8.85. The van der Waals surface area contributed by atoms with Gasteiger partial charge in [-0.15, -0.1) is 0 Å². The van der Waals surface area contributed by atoms with E-state index in [1.807, 2.05) is 33.7 Å². The number of anilines is 2. The molecular formula is C18H18N4S4. The second kappa shape index (κ2) is 8.94. The molecule has 0 aliphatic rings. The van der Waals surface area contributed by atoms with Crippen molar-refractivity contribution in [2.45, 2.75) is 0 Å². The number of rotatable bonds is 9. The smallest absolute Gasteiger partial charge is 0.183 e. The maximum atomic E-state index is 4.59. The molecule has 0 spiro atoms. The minimum absolute atomic E-state index is 0.933. The maximum Gasteiger partial charge on any atom is 0.183 e. The zero-order valence-electron chi connectivity index (χ0n) is 14.0. The zero-order valence-corrected chi connectivity index (χ0v) is 17.2. The van der Waals surface area contributed by atoms with Gasteiger partial charge in [-0.25, -0.2) is 9.97 Å². The fourth-order valence-electron chi connectivity index (χ4n) is 2.41. The Morgan fingerprint density at radius 2 is 1.15 bits per heavy atom. The molecule has 2 aromatic carbocycles. The van der Waals surface area contributed by atoms with Gasteiger partial charge in [0.25, 0.3) is 0 Å². The highest BCUT2D eigenvalue weighted by Crippen LogP contribution is 2.27. The average Bonchev–Trinajstić information content (AvgIpc) is 3.26. The molecule has 0 unspecified atom stereocenters. The minimum atomic E-state index is 0.933. The van der Waals surface area contributed by atoms with Crippen LogP contribution in [0.15, 0.2) is 48.5 Å². The number of aromatic nitrogens is 2. The molecule has 0 bridgehead atoms. The Morgan fingerprint density at radius 3 is 1.62 bits per heavy atom. The van der Waals surface area contributed by atoms with Crippen LogP contribution < -0.4 is 10.6 Å². The molecule has 0 aliphatic carbocycles. The molecule has 0 amide bonds. The normalized spacial score (nSPS) is 11.2. The van der Waals surface area contributed by atoms with Gasteiger partial charge in [0.1, 0.15) is 0 Å². The van der Waals surface area contributed by atoms with E-state index in [1.54, 1.807) is 22.7 Å². The zero-order chi connectivity index (χ0) is 17.6. The number of hydrogen-bond donors (Lipinski definition) is 2. The van der Waals surface area contributed by atoms with Crippen molar-refractivity contribution in [2.24, 2.45) is 0 Å². The number of thiazole rings is 2. The molecule has 4 aromatic rings. The van der Waals surface area contributed by atoms with Crippen LogP contribution in [0.1, 0.15) is 0 Å². The van der Waals surface area contributed by atoms with Crippen LogP contribution in [0.2, 0.25) is 0 Å². The van der Waals surface area contributed by atoms with E-state index in [9.17, 15) is 0 Å². The first kappa shape index (κ1) is 17.9. The topological polar surface area (TPSA) is 49.8 Å². The monoisotopic (exact) mass is 418 g/mol. The number of hydrogen-bond acceptors (Lipinski definition) is 8. The summed E-state index contributed by atoms with van der Waals surface area (Å²) in [6.45, 7) is 1.87. The summed E-state index contributed by atoms with van der Waals surface area (Å²) in [7, 11) is 3.79. The molecule has 4 rings (SSSR count). The van der Waals surface area contributed by atoms with E-state index in [-0.39, 0.29) is 0 Å². The summed E-state index contributed by atoms with van der Waals surface area (Å²) in [6, 6.07) is 16.5. The van der Waals surface area contributed by atoms with Gasteiger partial charge in [-0.05, 0) is 24.3 Å². The summed E-state index contributed by atoms with van der Waals surface area (Å²) >= 11 is 3.43. The molecular weight excluding hydrogens is 400 g/mol. The van der Waals surface area contributed by atoms with Crippen molar-refractivity contribution in [1.29, 1.82) is 0 Å². The molecule has 26 heavy (non-hydrogen) atoms. The third-order valence-electron chi connectivity index (χ3n) is 3.59. The average molecular weight is 419 g/mol. The third kappa shape index (κ3) is 4.62. The lowest BCUT2D eigenvalue weighted by molar-refractivity contribution is 1.21. The highest BCUT2D eigenvalue weighted by atomic mass is 33.1. The minimum Gasteiger partial charge on any atom is -0.361 e. The van der Waals surface area contributed by atoms with E-state index in [2.05, 4.69) is 57.0 Å². The lowest BCUT2D eigenvalue weighted by Crippen LogP contribution is -2.04. The molecule has 134 valence electrons. The van der Waals surface area contributed by atoms with Crippen LogP contribution in [0, 0.1) is 0 Å². The highest BCUT2D eigenvalue weighted by Gasteiger charge is 2.03. The molecule has 4 nitrogen and oxygen atoms in total. The predicted molar refractivity (Wildman–Crippen MR) is 121 cm³/mol. The van der Waals surface area contributed by atoms with Gasteiger partial charge in [0.2, 0.25) is 0 Å². The highest BCUT2D eigenvalue weighted by molar-refractivity contribution is 8.76. The van der Waals surface area contributed by atoms with E-state index < -0.39 is 0 Å². The largest absolute Gasteiger partial charge is 0.361 e. The fourth-order valence-corrected chi connectivity index (χ4v) is 6.01. The quantitative estimate of drug-likeness (QED) is 0.264. The van der Waals surface area contributed by atoms with Crippen molar-refractivity contribution in [2.75, 3.05) is 35.2 Å². The fraction of sp³-hybridized carbons (Fsp3) is 0.222. The summed E-state index contributed by atoms with van der Waals surface area (Å²) < 4.78 is 2.47. The Hall–Kier alpha value is -1.48. The van der Waals surface area contributed by atoms with Crippen molar-refractivity contribution in [3.8, 4) is 0 Å². The molecule has 2 N–H and O–H groups in total. The first-order chi connectivity index (χ1) is 12.9. The van der Waals surface area contributed by atoms with Crippen LogP contribution in [-0.4, -0.2) is 34.6 Å².